The molecule has 1 N–H and O–H groups in total. The molecule has 122 valence electrons. The lowest BCUT2D eigenvalue weighted by atomic mass is 10.1. The third-order valence-electron chi connectivity index (χ3n) is 3.31. The number of aryl methyl sites for hydroxylation is 1. The van der Waals surface area contributed by atoms with Gasteiger partial charge in [-0.3, -0.25) is 9.98 Å². The molecule has 0 aliphatic heterocycles. The Morgan fingerprint density at radius 2 is 1.74 bits per heavy atom. The third-order valence-corrected chi connectivity index (χ3v) is 3.31. The Balaban J connectivity index is 0.000000231. The van der Waals surface area contributed by atoms with Crippen molar-refractivity contribution in [1.29, 1.82) is 0 Å². The number of hydrogen-bond donors (Lipinski definition) is 1. The SMILES string of the molecule is CN=C(C)c1ccc(C)cc1.CN=Cc1cc(OC)ccc1O. The van der Waals surface area contributed by atoms with Gasteiger partial charge in [0, 0.05) is 31.6 Å². The molecule has 0 bridgehead atoms. The molecule has 0 saturated heterocycles. The summed E-state index contributed by atoms with van der Waals surface area (Å²) in [5.74, 6) is 0.920. The summed E-state index contributed by atoms with van der Waals surface area (Å²) in [5.41, 5.74) is 4.25. The first-order chi connectivity index (χ1) is 11.0. The van der Waals surface area contributed by atoms with E-state index >= 15 is 0 Å². The quantitative estimate of drug-likeness (QED) is 0.874. The van der Waals surface area contributed by atoms with E-state index in [2.05, 4.69) is 41.2 Å². The Morgan fingerprint density at radius 1 is 1.09 bits per heavy atom. The molecule has 0 saturated carbocycles. The Hall–Kier alpha value is -2.62. The van der Waals surface area contributed by atoms with E-state index in [0.717, 1.165) is 5.71 Å². The standard InChI is InChI=1S/C10H13N.C9H11NO2/c1-8-4-6-10(7-5-8)9(2)11-3;1-10-6-7-5-8(12-2)3-4-9(7)11/h4-7H,1-3H3;3-6,11H,1-2H3. The summed E-state index contributed by atoms with van der Waals surface area (Å²) in [7, 11) is 5.05. The Bertz CT molecular complexity index is 674. The summed E-state index contributed by atoms with van der Waals surface area (Å²) in [6.07, 6.45) is 1.58. The summed E-state index contributed by atoms with van der Waals surface area (Å²) in [4.78, 5) is 7.91. The Kier molecular flexibility index (Phi) is 7.54. The molecule has 0 spiro atoms. The number of ether oxygens (including phenoxy) is 1. The van der Waals surface area contributed by atoms with Gasteiger partial charge in [-0.05, 0) is 37.6 Å². The number of methoxy groups -OCH3 is 1. The number of phenols is 1. The molecule has 2 rings (SSSR count). The van der Waals surface area contributed by atoms with Gasteiger partial charge in [-0.1, -0.05) is 29.8 Å². The van der Waals surface area contributed by atoms with E-state index in [4.69, 9.17) is 4.74 Å². The molecule has 0 aromatic heterocycles. The summed E-state index contributed by atoms with van der Waals surface area (Å²) in [5, 5.41) is 9.31. The molecule has 0 fully saturated rings. The monoisotopic (exact) mass is 312 g/mol. The zero-order valence-electron chi connectivity index (χ0n) is 14.4. The first-order valence-corrected chi connectivity index (χ1v) is 7.31. The minimum absolute atomic E-state index is 0.210. The van der Waals surface area contributed by atoms with Crippen LogP contribution in [0.2, 0.25) is 0 Å². The summed E-state index contributed by atoms with van der Waals surface area (Å²) >= 11 is 0. The highest BCUT2D eigenvalue weighted by molar-refractivity contribution is 5.98. The molecular weight excluding hydrogens is 288 g/mol. The molecule has 0 amide bonds. The smallest absolute Gasteiger partial charge is 0.124 e. The number of benzene rings is 2. The number of rotatable bonds is 3. The maximum atomic E-state index is 9.31. The van der Waals surface area contributed by atoms with E-state index in [0.29, 0.717) is 11.3 Å². The molecule has 0 atom stereocenters. The predicted molar refractivity (Wildman–Crippen MR) is 97.5 cm³/mol. The van der Waals surface area contributed by atoms with Gasteiger partial charge in [0.15, 0.2) is 0 Å². The second-order valence-electron chi connectivity index (χ2n) is 4.99. The highest BCUT2D eigenvalue weighted by Gasteiger charge is 1.99. The number of aromatic hydroxyl groups is 1. The van der Waals surface area contributed by atoms with Crippen molar-refractivity contribution in [1.82, 2.24) is 0 Å². The fraction of sp³-hybridized carbons (Fsp3) is 0.263. The fourth-order valence-electron chi connectivity index (χ4n) is 1.83. The molecule has 4 nitrogen and oxygen atoms in total. The third kappa shape index (κ3) is 5.94. The van der Waals surface area contributed by atoms with E-state index in [1.54, 1.807) is 38.6 Å². The van der Waals surface area contributed by atoms with Crippen LogP contribution in [0.15, 0.2) is 52.4 Å². The molecule has 4 heteroatoms. The summed E-state index contributed by atoms with van der Waals surface area (Å²) < 4.78 is 4.98. The Morgan fingerprint density at radius 3 is 2.26 bits per heavy atom. The van der Waals surface area contributed by atoms with Gasteiger partial charge in [0.05, 0.1) is 7.11 Å². The number of nitrogens with zero attached hydrogens (tertiary/aromatic N) is 2. The van der Waals surface area contributed by atoms with Crippen molar-refractivity contribution in [3.05, 3.63) is 59.2 Å². The second-order valence-corrected chi connectivity index (χ2v) is 4.99. The van der Waals surface area contributed by atoms with Crippen LogP contribution in [0.4, 0.5) is 0 Å². The zero-order valence-corrected chi connectivity index (χ0v) is 14.4. The van der Waals surface area contributed by atoms with Gasteiger partial charge in [0.2, 0.25) is 0 Å². The summed E-state index contributed by atoms with van der Waals surface area (Å²) in [6.45, 7) is 4.10. The van der Waals surface area contributed by atoms with Crippen molar-refractivity contribution in [2.75, 3.05) is 21.2 Å². The van der Waals surface area contributed by atoms with Gasteiger partial charge in [-0.15, -0.1) is 0 Å². The van der Waals surface area contributed by atoms with Crippen LogP contribution in [0, 0.1) is 6.92 Å². The highest BCUT2D eigenvalue weighted by atomic mass is 16.5. The molecule has 2 aromatic carbocycles. The van der Waals surface area contributed by atoms with E-state index in [9.17, 15) is 5.11 Å². The number of phenolic OH excluding ortho intramolecular Hbond substituents is 1. The number of hydrogen-bond acceptors (Lipinski definition) is 4. The Labute approximate surface area is 138 Å². The predicted octanol–water partition coefficient (Wildman–Crippen LogP) is 3.88. The van der Waals surface area contributed by atoms with Crippen molar-refractivity contribution in [2.45, 2.75) is 13.8 Å². The van der Waals surface area contributed by atoms with E-state index in [1.165, 1.54) is 11.1 Å². The molecule has 0 heterocycles. The van der Waals surface area contributed by atoms with Crippen LogP contribution >= 0.6 is 0 Å². The largest absolute Gasteiger partial charge is 0.507 e. The molecule has 0 unspecified atom stereocenters. The second kappa shape index (κ2) is 9.41. The lowest BCUT2D eigenvalue weighted by molar-refractivity contribution is 0.412. The molecule has 0 aliphatic carbocycles. The van der Waals surface area contributed by atoms with Gasteiger partial charge in [0.1, 0.15) is 11.5 Å². The first-order valence-electron chi connectivity index (χ1n) is 7.31. The van der Waals surface area contributed by atoms with Crippen molar-refractivity contribution in [2.24, 2.45) is 9.98 Å². The summed E-state index contributed by atoms with van der Waals surface area (Å²) in [6, 6.07) is 13.4. The average molecular weight is 312 g/mol. The van der Waals surface area contributed by atoms with Gasteiger partial charge >= 0.3 is 0 Å². The normalized spacial score (nSPS) is 11.1. The molecule has 23 heavy (non-hydrogen) atoms. The highest BCUT2D eigenvalue weighted by Crippen LogP contribution is 2.20. The molecule has 0 aliphatic rings. The van der Waals surface area contributed by atoms with Crippen LogP contribution in [-0.2, 0) is 0 Å². The first kappa shape index (κ1) is 18.4. The minimum Gasteiger partial charge on any atom is -0.507 e. The topological polar surface area (TPSA) is 54.2 Å². The lowest BCUT2D eigenvalue weighted by Crippen LogP contribution is -1.92. The molecular formula is C19H24N2O2. The van der Waals surface area contributed by atoms with Gasteiger partial charge in [-0.25, -0.2) is 0 Å². The van der Waals surface area contributed by atoms with Crippen molar-refractivity contribution < 1.29 is 9.84 Å². The van der Waals surface area contributed by atoms with Crippen LogP contribution < -0.4 is 4.74 Å². The van der Waals surface area contributed by atoms with Crippen molar-refractivity contribution >= 4 is 11.9 Å². The zero-order chi connectivity index (χ0) is 17.2. The van der Waals surface area contributed by atoms with E-state index in [-0.39, 0.29) is 5.75 Å². The van der Waals surface area contributed by atoms with E-state index < -0.39 is 0 Å². The molecule has 0 radical (unpaired) electrons. The van der Waals surface area contributed by atoms with Crippen molar-refractivity contribution in [3.63, 3.8) is 0 Å². The van der Waals surface area contributed by atoms with Crippen LogP contribution in [0.25, 0.3) is 0 Å². The van der Waals surface area contributed by atoms with Crippen LogP contribution in [0.1, 0.15) is 23.6 Å². The van der Waals surface area contributed by atoms with E-state index in [1.807, 2.05) is 14.0 Å². The maximum Gasteiger partial charge on any atom is 0.124 e. The van der Waals surface area contributed by atoms with Crippen molar-refractivity contribution in [3.8, 4) is 11.5 Å². The van der Waals surface area contributed by atoms with Gasteiger partial charge < -0.3 is 9.84 Å². The van der Waals surface area contributed by atoms with Crippen LogP contribution in [-0.4, -0.2) is 38.2 Å². The van der Waals surface area contributed by atoms with Gasteiger partial charge in [-0.2, -0.15) is 0 Å². The number of aliphatic imine (C=N–C) groups is 2. The molecule has 2 aromatic rings. The van der Waals surface area contributed by atoms with Crippen LogP contribution in [0.3, 0.4) is 0 Å². The lowest BCUT2D eigenvalue weighted by Gasteiger charge is -2.02. The maximum absolute atomic E-state index is 9.31. The average Bonchev–Trinajstić information content (AvgIpc) is 2.57. The minimum atomic E-state index is 0.210. The fourth-order valence-corrected chi connectivity index (χ4v) is 1.83. The van der Waals surface area contributed by atoms with Gasteiger partial charge in [0.25, 0.3) is 0 Å². The van der Waals surface area contributed by atoms with Crippen LogP contribution in [0.5, 0.6) is 11.5 Å².